The molecule has 0 aliphatic carbocycles. The summed E-state index contributed by atoms with van der Waals surface area (Å²) in [7, 11) is 0. The van der Waals surface area contributed by atoms with Crippen LogP contribution in [0.4, 0.5) is 0 Å². The molecule has 0 aliphatic heterocycles. The zero-order chi connectivity index (χ0) is 18.1. The molecule has 1 aromatic carbocycles. The number of carbonyl (C=O) groups is 1. The number of amides is 1. The number of aromatic nitrogens is 2. The van der Waals surface area contributed by atoms with Gasteiger partial charge in [-0.05, 0) is 39.0 Å². The Morgan fingerprint density at radius 2 is 1.75 bits per heavy atom. The maximum Gasteiger partial charge on any atom is 0.272 e. The first-order valence-electron chi connectivity index (χ1n) is 8.14. The second-order valence-corrected chi connectivity index (χ2v) is 7.91. The number of rotatable bonds is 4. The minimum absolute atomic E-state index is 0.135. The van der Waals surface area contributed by atoms with E-state index in [4.69, 9.17) is 0 Å². The largest absolute Gasteiger partial charge is 0.394 e. The van der Waals surface area contributed by atoms with Gasteiger partial charge >= 0.3 is 0 Å². The number of aliphatic hydroxyl groups is 1. The fourth-order valence-corrected chi connectivity index (χ4v) is 2.32. The molecule has 0 spiro atoms. The smallest absolute Gasteiger partial charge is 0.272 e. The first-order valence-corrected chi connectivity index (χ1v) is 8.14. The summed E-state index contributed by atoms with van der Waals surface area (Å²) in [5.41, 5.74) is 2.55. The molecule has 0 saturated carbocycles. The summed E-state index contributed by atoms with van der Waals surface area (Å²) in [6, 6.07) is 9.87. The van der Waals surface area contributed by atoms with Gasteiger partial charge in [0, 0.05) is 5.41 Å². The molecule has 0 aliphatic rings. The fraction of sp³-hybridized carbons (Fsp3) is 0.474. The van der Waals surface area contributed by atoms with Gasteiger partial charge < -0.3 is 10.4 Å². The molecule has 130 valence electrons. The molecule has 0 saturated heterocycles. The Kier molecular flexibility index (Phi) is 4.85. The predicted octanol–water partition coefficient (Wildman–Crippen LogP) is 2.98. The van der Waals surface area contributed by atoms with E-state index in [0.29, 0.717) is 5.69 Å². The third-order valence-electron chi connectivity index (χ3n) is 3.84. The van der Waals surface area contributed by atoms with Gasteiger partial charge in [-0.1, -0.05) is 38.5 Å². The number of benzene rings is 1. The van der Waals surface area contributed by atoms with E-state index in [1.807, 2.05) is 41.9 Å². The standard InChI is InChI=1S/C19H27N3O2/c1-13-7-9-14(10-8-13)22-16(18(2,3)4)11-15(21-22)17(24)20-19(5,6)12-23/h7-11,23H,12H2,1-6H3,(H,20,24). The van der Waals surface area contributed by atoms with Crippen LogP contribution in [-0.4, -0.2) is 32.9 Å². The molecule has 0 unspecified atom stereocenters. The van der Waals surface area contributed by atoms with Gasteiger partial charge in [0.15, 0.2) is 5.69 Å². The number of carbonyl (C=O) groups excluding carboxylic acids is 1. The van der Waals surface area contributed by atoms with E-state index in [1.54, 1.807) is 13.8 Å². The van der Waals surface area contributed by atoms with E-state index in [9.17, 15) is 9.90 Å². The SMILES string of the molecule is Cc1ccc(-n2nc(C(=O)NC(C)(C)CO)cc2C(C)(C)C)cc1. The molecule has 2 N–H and O–H groups in total. The lowest BCUT2D eigenvalue weighted by Crippen LogP contribution is -2.46. The highest BCUT2D eigenvalue weighted by Gasteiger charge is 2.26. The van der Waals surface area contributed by atoms with Crippen LogP contribution in [0.15, 0.2) is 30.3 Å². The van der Waals surface area contributed by atoms with E-state index in [0.717, 1.165) is 11.4 Å². The van der Waals surface area contributed by atoms with Gasteiger partial charge in [0.25, 0.3) is 5.91 Å². The van der Waals surface area contributed by atoms with E-state index >= 15 is 0 Å². The normalized spacial score (nSPS) is 12.3. The fourth-order valence-electron chi connectivity index (χ4n) is 2.32. The molecule has 0 fully saturated rings. The Morgan fingerprint density at radius 3 is 2.25 bits per heavy atom. The summed E-state index contributed by atoms with van der Waals surface area (Å²) in [5.74, 6) is -0.287. The van der Waals surface area contributed by atoms with Crippen LogP contribution in [0, 0.1) is 6.92 Å². The average Bonchev–Trinajstić information content (AvgIpc) is 2.93. The highest BCUT2D eigenvalue weighted by Crippen LogP contribution is 2.26. The molecule has 24 heavy (non-hydrogen) atoms. The van der Waals surface area contributed by atoms with Gasteiger partial charge in [0.05, 0.1) is 23.5 Å². The van der Waals surface area contributed by atoms with Crippen molar-refractivity contribution in [3.63, 3.8) is 0 Å². The molecule has 1 aromatic heterocycles. The van der Waals surface area contributed by atoms with Crippen molar-refractivity contribution in [2.75, 3.05) is 6.61 Å². The molecular weight excluding hydrogens is 302 g/mol. The maximum atomic E-state index is 12.5. The van der Waals surface area contributed by atoms with Gasteiger partial charge in [-0.25, -0.2) is 4.68 Å². The Hall–Kier alpha value is -2.14. The summed E-state index contributed by atoms with van der Waals surface area (Å²) < 4.78 is 1.82. The number of nitrogens with one attached hydrogen (secondary N) is 1. The minimum atomic E-state index is -0.688. The minimum Gasteiger partial charge on any atom is -0.394 e. The lowest BCUT2D eigenvalue weighted by Gasteiger charge is -2.22. The molecule has 2 rings (SSSR count). The third kappa shape index (κ3) is 4.03. The van der Waals surface area contributed by atoms with Crippen molar-refractivity contribution < 1.29 is 9.90 Å². The van der Waals surface area contributed by atoms with Crippen molar-refractivity contribution in [3.8, 4) is 5.69 Å². The summed E-state index contributed by atoms with van der Waals surface area (Å²) in [4.78, 5) is 12.5. The number of hydrogen-bond acceptors (Lipinski definition) is 3. The Morgan fingerprint density at radius 1 is 1.17 bits per heavy atom. The van der Waals surface area contributed by atoms with Crippen molar-refractivity contribution in [1.82, 2.24) is 15.1 Å². The maximum absolute atomic E-state index is 12.5. The Labute approximate surface area is 143 Å². The topological polar surface area (TPSA) is 67.2 Å². The second-order valence-electron chi connectivity index (χ2n) is 7.91. The highest BCUT2D eigenvalue weighted by molar-refractivity contribution is 5.93. The second kappa shape index (κ2) is 6.40. The molecule has 1 heterocycles. The van der Waals surface area contributed by atoms with Gasteiger partial charge in [0.2, 0.25) is 0 Å². The lowest BCUT2D eigenvalue weighted by molar-refractivity contribution is 0.0864. The molecule has 0 atom stereocenters. The van der Waals surface area contributed by atoms with E-state index < -0.39 is 5.54 Å². The zero-order valence-corrected chi connectivity index (χ0v) is 15.3. The lowest BCUT2D eigenvalue weighted by atomic mass is 9.91. The van der Waals surface area contributed by atoms with Crippen LogP contribution in [0.3, 0.4) is 0 Å². The van der Waals surface area contributed by atoms with Crippen LogP contribution < -0.4 is 5.32 Å². The van der Waals surface area contributed by atoms with Crippen molar-refractivity contribution in [2.45, 2.75) is 52.5 Å². The van der Waals surface area contributed by atoms with Crippen LogP contribution >= 0.6 is 0 Å². The Balaban J connectivity index is 2.46. The quantitative estimate of drug-likeness (QED) is 0.906. The van der Waals surface area contributed by atoms with E-state index in [2.05, 4.69) is 31.2 Å². The highest BCUT2D eigenvalue weighted by atomic mass is 16.3. The van der Waals surface area contributed by atoms with Crippen LogP contribution in [0.5, 0.6) is 0 Å². The first kappa shape index (κ1) is 18.2. The first-order chi connectivity index (χ1) is 11.0. The summed E-state index contributed by atoms with van der Waals surface area (Å²) in [5, 5.41) is 16.7. The molecular formula is C19H27N3O2. The Bertz CT molecular complexity index is 722. The van der Waals surface area contributed by atoms with Gasteiger partial charge in [-0.15, -0.1) is 0 Å². The van der Waals surface area contributed by atoms with Crippen molar-refractivity contribution >= 4 is 5.91 Å². The third-order valence-corrected chi connectivity index (χ3v) is 3.84. The van der Waals surface area contributed by atoms with Gasteiger partial charge in [-0.2, -0.15) is 5.10 Å². The van der Waals surface area contributed by atoms with Crippen LogP contribution in [0.2, 0.25) is 0 Å². The molecule has 1 amide bonds. The average molecular weight is 329 g/mol. The molecule has 0 bridgehead atoms. The summed E-state index contributed by atoms with van der Waals surface area (Å²) in [6.45, 7) is 11.7. The molecule has 5 heteroatoms. The number of nitrogens with zero attached hydrogens (tertiary/aromatic N) is 2. The monoisotopic (exact) mass is 329 g/mol. The number of aliphatic hydroxyl groups excluding tert-OH is 1. The van der Waals surface area contributed by atoms with Gasteiger partial charge in [0.1, 0.15) is 0 Å². The van der Waals surface area contributed by atoms with Gasteiger partial charge in [-0.3, -0.25) is 4.79 Å². The van der Waals surface area contributed by atoms with Crippen LogP contribution in [0.1, 0.15) is 56.4 Å². The van der Waals surface area contributed by atoms with Crippen molar-refractivity contribution in [1.29, 1.82) is 0 Å². The summed E-state index contributed by atoms with van der Waals surface area (Å²) >= 11 is 0. The van der Waals surface area contributed by atoms with E-state index in [1.165, 1.54) is 5.56 Å². The van der Waals surface area contributed by atoms with Crippen LogP contribution in [0.25, 0.3) is 5.69 Å². The van der Waals surface area contributed by atoms with Crippen molar-refractivity contribution in [3.05, 3.63) is 47.3 Å². The zero-order valence-electron chi connectivity index (χ0n) is 15.3. The predicted molar refractivity (Wildman–Crippen MR) is 95.6 cm³/mol. The molecule has 5 nitrogen and oxygen atoms in total. The molecule has 0 radical (unpaired) electrons. The molecule has 2 aromatic rings. The number of hydrogen-bond donors (Lipinski definition) is 2. The number of aryl methyl sites for hydroxylation is 1. The van der Waals surface area contributed by atoms with Crippen molar-refractivity contribution in [2.24, 2.45) is 0 Å². The summed E-state index contributed by atoms with van der Waals surface area (Å²) in [6.07, 6.45) is 0. The van der Waals surface area contributed by atoms with Crippen LogP contribution in [-0.2, 0) is 5.41 Å². The van der Waals surface area contributed by atoms with E-state index in [-0.39, 0.29) is 17.9 Å².